The molecule has 3 rings (SSSR count). The fourth-order valence-corrected chi connectivity index (χ4v) is 4.35. The van der Waals surface area contributed by atoms with Crippen LogP contribution in [-0.4, -0.2) is 44.2 Å². The fourth-order valence-electron chi connectivity index (χ4n) is 4.35. The maximum absolute atomic E-state index is 12.3. The molecule has 2 heterocycles. The van der Waals surface area contributed by atoms with Crippen LogP contribution in [0.4, 0.5) is 0 Å². The first-order valence-electron chi connectivity index (χ1n) is 9.83. The summed E-state index contributed by atoms with van der Waals surface area (Å²) in [6, 6.07) is 11.1. The van der Waals surface area contributed by atoms with Gasteiger partial charge in [0.1, 0.15) is 0 Å². The van der Waals surface area contributed by atoms with Crippen molar-refractivity contribution >= 4 is 5.91 Å². The van der Waals surface area contributed by atoms with Crippen molar-refractivity contribution < 1.29 is 9.53 Å². The van der Waals surface area contributed by atoms with Crippen molar-refractivity contribution in [2.24, 2.45) is 11.8 Å². The van der Waals surface area contributed by atoms with E-state index in [4.69, 9.17) is 4.74 Å². The van der Waals surface area contributed by atoms with Crippen LogP contribution in [0.25, 0.3) is 0 Å². The van der Waals surface area contributed by atoms with Gasteiger partial charge in [0, 0.05) is 32.2 Å². The van der Waals surface area contributed by atoms with Crippen LogP contribution in [0.1, 0.15) is 50.1 Å². The van der Waals surface area contributed by atoms with E-state index in [1.54, 1.807) is 0 Å². The van der Waals surface area contributed by atoms with Crippen LogP contribution < -0.4 is 5.32 Å². The number of carbonyl (C=O) groups excluding carboxylic acids is 1. The lowest BCUT2D eigenvalue weighted by atomic mass is 9.85. The summed E-state index contributed by atoms with van der Waals surface area (Å²) >= 11 is 0. The zero-order valence-corrected chi connectivity index (χ0v) is 15.5. The van der Waals surface area contributed by atoms with Gasteiger partial charge in [-0.05, 0) is 63.1 Å². The highest BCUT2D eigenvalue weighted by Crippen LogP contribution is 2.34. The van der Waals surface area contributed by atoms with E-state index in [1.807, 2.05) is 0 Å². The summed E-state index contributed by atoms with van der Waals surface area (Å²) in [5.74, 6) is 1.26. The van der Waals surface area contributed by atoms with Gasteiger partial charge in [-0.1, -0.05) is 30.3 Å². The second-order valence-electron chi connectivity index (χ2n) is 7.66. The molecule has 1 aromatic rings. The molecule has 1 aromatic carbocycles. The Bertz CT molecular complexity index is 528. The van der Waals surface area contributed by atoms with Crippen LogP contribution in [0.5, 0.6) is 0 Å². The topological polar surface area (TPSA) is 41.6 Å². The Labute approximate surface area is 151 Å². The first kappa shape index (κ1) is 18.4. The third kappa shape index (κ3) is 5.29. The maximum Gasteiger partial charge on any atom is 0.220 e. The van der Waals surface area contributed by atoms with Crippen LogP contribution >= 0.6 is 0 Å². The molecule has 0 saturated carbocycles. The van der Waals surface area contributed by atoms with Gasteiger partial charge in [-0.3, -0.25) is 9.69 Å². The second-order valence-corrected chi connectivity index (χ2v) is 7.66. The minimum Gasteiger partial charge on any atom is -0.381 e. The Kier molecular flexibility index (Phi) is 6.88. The quantitative estimate of drug-likeness (QED) is 0.860. The molecule has 4 heteroatoms. The van der Waals surface area contributed by atoms with Gasteiger partial charge >= 0.3 is 0 Å². The van der Waals surface area contributed by atoms with Crippen LogP contribution in [-0.2, 0) is 9.53 Å². The minimum absolute atomic E-state index is 0.200. The highest BCUT2D eigenvalue weighted by atomic mass is 16.5. The smallest absolute Gasteiger partial charge is 0.220 e. The normalized spacial score (nSPS) is 27.8. The number of piperidine rings is 1. The summed E-state index contributed by atoms with van der Waals surface area (Å²) in [5, 5.41) is 3.21. The van der Waals surface area contributed by atoms with E-state index >= 15 is 0 Å². The van der Waals surface area contributed by atoms with Crippen molar-refractivity contribution in [3.8, 4) is 0 Å². The van der Waals surface area contributed by atoms with Gasteiger partial charge in [-0.15, -0.1) is 0 Å². The van der Waals surface area contributed by atoms with E-state index in [0.717, 1.165) is 39.1 Å². The predicted molar refractivity (Wildman–Crippen MR) is 100 cm³/mol. The molecule has 1 amide bonds. The molecule has 0 unspecified atom stereocenters. The summed E-state index contributed by atoms with van der Waals surface area (Å²) in [4.78, 5) is 14.7. The number of nitrogens with one attached hydrogen (secondary N) is 1. The van der Waals surface area contributed by atoms with Crippen LogP contribution in [0, 0.1) is 11.8 Å². The number of likely N-dealkylation sites (tertiary alicyclic amines) is 1. The van der Waals surface area contributed by atoms with E-state index < -0.39 is 0 Å². The Hall–Kier alpha value is -1.39. The Morgan fingerprint density at radius 1 is 1.24 bits per heavy atom. The van der Waals surface area contributed by atoms with Gasteiger partial charge in [0.25, 0.3) is 0 Å². The first-order valence-corrected chi connectivity index (χ1v) is 9.83. The average molecular weight is 344 g/mol. The third-order valence-corrected chi connectivity index (χ3v) is 5.74. The molecule has 0 bridgehead atoms. The SMILES string of the molecule is CN1CCC[C@H](CNC(=O)CC[C@@H]2CCCOC2)[C@H]1c1ccccc1. The largest absolute Gasteiger partial charge is 0.381 e. The van der Waals surface area contributed by atoms with Gasteiger partial charge in [0.2, 0.25) is 5.91 Å². The van der Waals surface area contributed by atoms with Crippen LogP contribution in [0.3, 0.4) is 0 Å². The summed E-state index contributed by atoms with van der Waals surface area (Å²) < 4.78 is 5.51. The van der Waals surface area contributed by atoms with Crippen molar-refractivity contribution in [2.75, 3.05) is 33.4 Å². The van der Waals surface area contributed by atoms with Gasteiger partial charge in [-0.25, -0.2) is 0 Å². The molecule has 3 atom stereocenters. The molecule has 0 spiro atoms. The first-order chi connectivity index (χ1) is 12.2. The average Bonchev–Trinajstić information content (AvgIpc) is 2.66. The van der Waals surface area contributed by atoms with Crippen molar-refractivity contribution in [2.45, 2.75) is 44.6 Å². The summed E-state index contributed by atoms with van der Waals surface area (Å²) in [6.45, 7) is 3.63. The van der Waals surface area contributed by atoms with Gasteiger partial charge in [0.15, 0.2) is 0 Å². The lowest BCUT2D eigenvalue weighted by Crippen LogP contribution is -2.41. The molecule has 0 aliphatic carbocycles. The minimum atomic E-state index is 0.200. The molecule has 0 aromatic heterocycles. The number of hydrogen-bond acceptors (Lipinski definition) is 3. The zero-order chi connectivity index (χ0) is 17.5. The van der Waals surface area contributed by atoms with E-state index in [0.29, 0.717) is 24.3 Å². The number of hydrogen-bond donors (Lipinski definition) is 1. The number of ether oxygens (including phenoxy) is 1. The monoisotopic (exact) mass is 344 g/mol. The van der Waals surface area contributed by atoms with Crippen LogP contribution in [0.15, 0.2) is 30.3 Å². The number of carbonyl (C=O) groups is 1. The van der Waals surface area contributed by atoms with Crippen molar-refractivity contribution in [3.05, 3.63) is 35.9 Å². The molecule has 2 saturated heterocycles. The molecule has 4 nitrogen and oxygen atoms in total. The highest BCUT2D eigenvalue weighted by molar-refractivity contribution is 5.75. The van der Waals surface area contributed by atoms with Crippen molar-refractivity contribution in [1.82, 2.24) is 10.2 Å². The number of amides is 1. The van der Waals surface area contributed by atoms with Gasteiger partial charge in [-0.2, -0.15) is 0 Å². The van der Waals surface area contributed by atoms with E-state index in [-0.39, 0.29) is 5.91 Å². The molecule has 25 heavy (non-hydrogen) atoms. The Morgan fingerprint density at radius 3 is 2.84 bits per heavy atom. The second kappa shape index (κ2) is 9.35. The Balaban J connectivity index is 1.49. The van der Waals surface area contributed by atoms with Gasteiger partial charge in [0.05, 0.1) is 0 Å². The lowest BCUT2D eigenvalue weighted by molar-refractivity contribution is -0.122. The van der Waals surface area contributed by atoms with E-state index in [9.17, 15) is 4.79 Å². The maximum atomic E-state index is 12.3. The molecular formula is C21H32N2O2. The predicted octanol–water partition coefficient (Wildman–Crippen LogP) is 3.39. The molecule has 2 aliphatic heterocycles. The zero-order valence-electron chi connectivity index (χ0n) is 15.5. The Morgan fingerprint density at radius 2 is 2.08 bits per heavy atom. The summed E-state index contributed by atoms with van der Waals surface area (Å²) in [7, 11) is 2.20. The molecular weight excluding hydrogens is 312 g/mol. The molecule has 2 aliphatic rings. The van der Waals surface area contributed by atoms with Crippen molar-refractivity contribution in [1.29, 1.82) is 0 Å². The molecule has 2 fully saturated rings. The van der Waals surface area contributed by atoms with Gasteiger partial charge < -0.3 is 10.1 Å². The third-order valence-electron chi connectivity index (χ3n) is 5.74. The molecule has 138 valence electrons. The standard InChI is InChI=1S/C21H32N2O2/c1-23-13-5-10-19(21(23)18-8-3-2-4-9-18)15-22-20(24)12-11-17-7-6-14-25-16-17/h2-4,8-9,17,19,21H,5-7,10-16H2,1H3,(H,22,24)/t17-,19+,21+/m0/s1. The van der Waals surface area contributed by atoms with E-state index in [2.05, 4.69) is 47.6 Å². The highest BCUT2D eigenvalue weighted by Gasteiger charge is 2.30. The number of nitrogens with zero attached hydrogens (tertiary/aromatic N) is 1. The summed E-state index contributed by atoms with van der Waals surface area (Å²) in [5.41, 5.74) is 1.36. The van der Waals surface area contributed by atoms with E-state index in [1.165, 1.54) is 24.8 Å². The van der Waals surface area contributed by atoms with Crippen molar-refractivity contribution in [3.63, 3.8) is 0 Å². The molecule has 0 radical (unpaired) electrons. The number of benzene rings is 1. The fraction of sp³-hybridized carbons (Fsp3) is 0.667. The number of rotatable bonds is 6. The lowest BCUT2D eigenvalue weighted by Gasteiger charge is -2.39. The summed E-state index contributed by atoms with van der Waals surface area (Å²) in [6.07, 6.45) is 6.32. The van der Waals surface area contributed by atoms with Crippen LogP contribution in [0.2, 0.25) is 0 Å². The molecule has 1 N–H and O–H groups in total.